The fourth-order valence-electron chi connectivity index (χ4n) is 3.22. The third kappa shape index (κ3) is 5.88. The SMILES string of the molecule is COC(=O)c1ccc(N=C2S/C(=C\c3ccccc3OCc3ccc(Cl)cc3Cl)C(=O)N2C)cc1. The lowest BCUT2D eigenvalue weighted by Crippen LogP contribution is -2.23. The van der Waals surface area contributed by atoms with E-state index in [9.17, 15) is 9.59 Å². The number of likely N-dealkylation sites (N-methyl/N-ethyl adjacent to an activating group) is 1. The minimum atomic E-state index is -0.420. The maximum Gasteiger partial charge on any atom is 0.337 e. The van der Waals surface area contributed by atoms with E-state index in [2.05, 4.69) is 4.99 Å². The first-order chi connectivity index (χ1) is 16.9. The van der Waals surface area contributed by atoms with Gasteiger partial charge in [0.1, 0.15) is 12.4 Å². The lowest BCUT2D eigenvalue weighted by atomic mass is 10.1. The van der Waals surface area contributed by atoms with Gasteiger partial charge in [0.15, 0.2) is 5.17 Å². The topological polar surface area (TPSA) is 68.2 Å². The van der Waals surface area contributed by atoms with Crippen molar-refractivity contribution in [1.82, 2.24) is 4.90 Å². The fourth-order valence-corrected chi connectivity index (χ4v) is 4.66. The smallest absolute Gasteiger partial charge is 0.337 e. The zero-order chi connectivity index (χ0) is 24.9. The number of amidine groups is 1. The molecule has 4 rings (SSSR count). The van der Waals surface area contributed by atoms with E-state index in [4.69, 9.17) is 32.7 Å². The zero-order valence-corrected chi connectivity index (χ0v) is 21.2. The Kier molecular flexibility index (Phi) is 7.80. The molecule has 0 atom stereocenters. The summed E-state index contributed by atoms with van der Waals surface area (Å²) in [6, 6.07) is 19.3. The largest absolute Gasteiger partial charge is 0.488 e. The summed E-state index contributed by atoms with van der Waals surface area (Å²) < 4.78 is 10.7. The highest BCUT2D eigenvalue weighted by Crippen LogP contribution is 2.35. The van der Waals surface area contributed by atoms with Crippen LogP contribution in [-0.2, 0) is 16.1 Å². The van der Waals surface area contributed by atoms with Gasteiger partial charge in [-0.1, -0.05) is 47.5 Å². The van der Waals surface area contributed by atoms with Crippen molar-refractivity contribution in [2.75, 3.05) is 14.2 Å². The van der Waals surface area contributed by atoms with Gasteiger partial charge in [-0.15, -0.1) is 0 Å². The van der Waals surface area contributed by atoms with Crippen molar-refractivity contribution in [3.63, 3.8) is 0 Å². The second kappa shape index (κ2) is 11.0. The average Bonchev–Trinajstić information content (AvgIpc) is 3.12. The summed E-state index contributed by atoms with van der Waals surface area (Å²) in [4.78, 5) is 31.1. The summed E-state index contributed by atoms with van der Waals surface area (Å²) >= 11 is 13.5. The first-order valence-electron chi connectivity index (χ1n) is 10.5. The summed E-state index contributed by atoms with van der Waals surface area (Å²) in [5.41, 5.74) is 2.60. The van der Waals surface area contributed by atoms with Crippen molar-refractivity contribution >= 4 is 63.8 Å². The highest BCUT2D eigenvalue weighted by atomic mass is 35.5. The lowest BCUT2D eigenvalue weighted by molar-refractivity contribution is -0.121. The van der Waals surface area contributed by atoms with Crippen LogP contribution in [0.5, 0.6) is 5.75 Å². The fraction of sp³-hybridized carbons (Fsp3) is 0.115. The van der Waals surface area contributed by atoms with Gasteiger partial charge in [0.25, 0.3) is 5.91 Å². The Morgan fingerprint density at radius 1 is 1.09 bits per heavy atom. The van der Waals surface area contributed by atoms with Gasteiger partial charge in [0.2, 0.25) is 0 Å². The number of aliphatic imine (C=N–C) groups is 1. The molecule has 1 saturated heterocycles. The number of ether oxygens (including phenoxy) is 2. The van der Waals surface area contributed by atoms with Crippen LogP contribution in [0.1, 0.15) is 21.5 Å². The Labute approximate surface area is 217 Å². The molecule has 3 aromatic carbocycles. The Balaban J connectivity index is 1.53. The molecule has 35 heavy (non-hydrogen) atoms. The average molecular weight is 527 g/mol. The highest BCUT2D eigenvalue weighted by molar-refractivity contribution is 8.18. The van der Waals surface area contributed by atoms with Crippen LogP contribution in [0.2, 0.25) is 10.0 Å². The number of nitrogens with zero attached hydrogens (tertiary/aromatic N) is 2. The molecule has 0 radical (unpaired) electrons. The van der Waals surface area contributed by atoms with E-state index in [-0.39, 0.29) is 12.5 Å². The van der Waals surface area contributed by atoms with Gasteiger partial charge in [-0.05, 0) is 60.3 Å². The van der Waals surface area contributed by atoms with Gasteiger partial charge in [-0.2, -0.15) is 0 Å². The van der Waals surface area contributed by atoms with Gasteiger partial charge in [-0.25, -0.2) is 9.79 Å². The normalized spacial score (nSPS) is 15.7. The van der Waals surface area contributed by atoms with Crippen molar-refractivity contribution in [3.05, 3.63) is 98.4 Å². The molecule has 0 unspecified atom stereocenters. The van der Waals surface area contributed by atoms with Crippen LogP contribution in [0.25, 0.3) is 6.08 Å². The second-order valence-electron chi connectivity index (χ2n) is 7.47. The van der Waals surface area contributed by atoms with E-state index in [1.807, 2.05) is 30.3 Å². The number of thioether (sulfide) groups is 1. The molecule has 0 aromatic heterocycles. The quantitative estimate of drug-likeness (QED) is 0.267. The standard InChI is InChI=1S/C26H20Cl2N2O4S/c1-30-24(31)23(35-26(30)29-20-11-8-16(9-12-20)25(32)33-2)13-17-5-3-4-6-22(17)34-15-18-7-10-19(27)14-21(18)28/h3-14H,15H2,1-2H3/b23-13-,29-26?. The Morgan fingerprint density at radius 2 is 1.83 bits per heavy atom. The maximum absolute atomic E-state index is 12.9. The van der Waals surface area contributed by atoms with Crippen molar-refractivity contribution in [3.8, 4) is 5.75 Å². The van der Waals surface area contributed by atoms with Crippen molar-refractivity contribution in [1.29, 1.82) is 0 Å². The number of amides is 1. The molecule has 1 aliphatic rings. The molecular formula is C26H20Cl2N2O4S. The molecule has 1 heterocycles. The molecule has 1 aliphatic heterocycles. The number of benzene rings is 3. The number of halogens is 2. The van der Waals surface area contributed by atoms with Gasteiger partial charge in [-0.3, -0.25) is 9.69 Å². The Bertz CT molecular complexity index is 1340. The number of carbonyl (C=O) groups excluding carboxylic acids is 2. The zero-order valence-electron chi connectivity index (χ0n) is 18.8. The Hall–Kier alpha value is -3.26. The molecule has 1 fully saturated rings. The molecular weight excluding hydrogens is 507 g/mol. The first kappa shape index (κ1) is 24.9. The van der Waals surface area contributed by atoms with Crippen LogP contribution in [-0.4, -0.2) is 36.1 Å². The van der Waals surface area contributed by atoms with E-state index < -0.39 is 5.97 Å². The van der Waals surface area contributed by atoms with Crippen LogP contribution < -0.4 is 4.74 Å². The van der Waals surface area contributed by atoms with Crippen LogP contribution in [0.4, 0.5) is 5.69 Å². The van der Waals surface area contributed by atoms with Gasteiger partial charge in [0, 0.05) is 28.2 Å². The molecule has 0 spiro atoms. The van der Waals surface area contributed by atoms with E-state index in [1.54, 1.807) is 49.5 Å². The Morgan fingerprint density at radius 3 is 2.54 bits per heavy atom. The molecule has 0 aliphatic carbocycles. The lowest BCUT2D eigenvalue weighted by Gasteiger charge is -2.11. The molecule has 6 nitrogen and oxygen atoms in total. The van der Waals surface area contributed by atoms with E-state index in [0.717, 1.165) is 11.1 Å². The molecule has 178 valence electrons. The predicted molar refractivity (Wildman–Crippen MR) is 140 cm³/mol. The van der Waals surface area contributed by atoms with Gasteiger partial charge in [0.05, 0.1) is 23.3 Å². The minimum Gasteiger partial charge on any atom is -0.488 e. The third-order valence-corrected chi connectivity index (χ3v) is 6.77. The highest BCUT2D eigenvalue weighted by Gasteiger charge is 2.30. The minimum absolute atomic E-state index is 0.171. The van der Waals surface area contributed by atoms with Crippen LogP contribution in [0, 0.1) is 0 Å². The van der Waals surface area contributed by atoms with Gasteiger partial charge >= 0.3 is 5.97 Å². The summed E-state index contributed by atoms with van der Waals surface area (Å²) in [6.45, 7) is 0.255. The van der Waals surface area contributed by atoms with Gasteiger partial charge < -0.3 is 9.47 Å². The number of esters is 1. The molecule has 3 aromatic rings. The molecule has 1 amide bonds. The second-order valence-corrected chi connectivity index (χ2v) is 9.32. The van der Waals surface area contributed by atoms with Crippen molar-refractivity contribution in [2.45, 2.75) is 6.61 Å². The molecule has 0 N–H and O–H groups in total. The van der Waals surface area contributed by atoms with Crippen LogP contribution >= 0.6 is 35.0 Å². The first-order valence-corrected chi connectivity index (χ1v) is 12.0. The maximum atomic E-state index is 12.9. The van der Waals surface area contributed by atoms with E-state index >= 15 is 0 Å². The number of hydrogen-bond acceptors (Lipinski definition) is 6. The predicted octanol–water partition coefficient (Wildman–Crippen LogP) is 6.59. The van der Waals surface area contributed by atoms with Crippen LogP contribution in [0.3, 0.4) is 0 Å². The van der Waals surface area contributed by atoms with Crippen molar-refractivity contribution in [2.24, 2.45) is 4.99 Å². The summed E-state index contributed by atoms with van der Waals surface area (Å²) in [5.74, 6) is 0.0255. The molecule has 0 saturated carbocycles. The number of methoxy groups -OCH3 is 1. The van der Waals surface area contributed by atoms with Crippen molar-refractivity contribution < 1.29 is 19.1 Å². The molecule has 0 bridgehead atoms. The number of hydrogen-bond donors (Lipinski definition) is 0. The van der Waals surface area contributed by atoms with E-state index in [1.165, 1.54) is 23.8 Å². The molecule has 9 heteroatoms. The monoisotopic (exact) mass is 526 g/mol. The summed E-state index contributed by atoms with van der Waals surface area (Å²) in [7, 11) is 3.00. The number of para-hydroxylation sites is 1. The van der Waals surface area contributed by atoms with Crippen LogP contribution in [0.15, 0.2) is 76.6 Å². The third-order valence-electron chi connectivity index (χ3n) is 5.12. The summed E-state index contributed by atoms with van der Waals surface area (Å²) in [6.07, 6.45) is 1.78. The number of carbonyl (C=O) groups is 2. The van der Waals surface area contributed by atoms with E-state index in [0.29, 0.717) is 37.1 Å². The summed E-state index contributed by atoms with van der Waals surface area (Å²) in [5, 5.41) is 1.61. The number of rotatable bonds is 6.